The molecule has 136 valence electrons. The van der Waals surface area contributed by atoms with Gasteiger partial charge in [0.1, 0.15) is 5.82 Å². The molecule has 2 aromatic carbocycles. The number of halogens is 1. The fraction of sp³-hybridized carbons (Fsp3) is 0.333. The number of carbonyl (C=O) groups is 2. The van der Waals surface area contributed by atoms with Crippen LogP contribution in [-0.2, 0) is 15.0 Å². The fourth-order valence-corrected chi connectivity index (χ4v) is 3.07. The molecule has 0 aromatic heterocycles. The molecule has 1 N–H and O–H groups in total. The summed E-state index contributed by atoms with van der Waals surface area (Å²) in [4.78, 5) is 26.2. The quantitative estimate of drug-likeness (QED) is 0.902. The maximum atomic E-state index is 13.4. The van der Waals surface area contributed by atoms with Gasteiger partial charge in [-0.3, -0.25) is 9.59 Å². The van der Waals surface area contributed by atoms with Gasteiger partial charge in [-0.05, 0) is 41.3 Å². The average molecular weight is 354 g/mol. The molecule has 2 aromatic rings. The van der Waals surface area contributed by atoms with Gasteiger partial charge in [-0.15, -0.1) is 0 Å². The van der Waals surface area contributed by atoms with Crippen LogP contribution in [0.15, 0.2) is 48.5 Å². The van der Waals surface area contributed by atoms with Crippen molar-refractivity contribution in [3.8, 4) is 0 Å². The lowest BCUT2D eigenvalue weighted by atomic mass is 9.87. The predicted molar refractivity (Wildman–Crippen MR) is 101 cm³/mol. The van der Waals surface area contributed by atoms with Crippen LogP contribution in [-0.4, -0.2) is 18.4 Å². The Morgan fingerprint density at radius 3 is 2.46 bits per heavy atom. The highest BCUT2D eigenvalue weighted by atomic mass is 19.1. The topological polar surface area (TPSA) is 49.4 Å². The van der Waals surface area contributed by atoms with Crippen molar-refractivity contribution >= 4 is 23.2 Å². The predicted octanol–water partition coefficient (Wildman–Crippen LogP) is 4.11. The largest absolute Gasteiger partial charge is 0.326 e. The molecule has 26 heavy (non-hydrogen) atoms. The smallest absolute Gasteiger partial charge is 0.229 e. The van der Waals surface area contributed by atoms with Crippen LogP contribution in [0.25, 0.3) is 0 Å². The summed E-state index contributed by atoms with van der Waals surface area (Å²) in [5.74, 6) is -1.21. The van der Waals surface area contributed by atoms with Crippen molar-refractivity contribution in [3.63, 3.8) is 0 Å². The molecule has 2 amide bonds. The van der Waals surface area contributed by atoms with Crippen molar-refractivity contribution in [2.45, 2.75) is 32.6 Å². The highest BCUT2D eigenvalue weighted by Crippen LogP contribution is 2.27. The number of benzene rings is 2. The number of anilines is 2. The number of amides is 2. The first-order chi connectivity index (χ1) is 12.2. The van der Waals surface area contributed by atoms with Gasteiger partial charge < -0.3 is 10.2 Å². The lowest BCUT2D eigenvalue weighted by Crippen LogP contribution is -2.28. The first-order valence-electron chi connectivity index (χ1n) is 8.71. The third kappa shape index (κ3) is 3.93. The summed E-state index contributed by atoms with van der Waals surface area (Å²) in [6, 6.07) is 13.6. The zero-order valence-electron chi connectivity index (χ0n) is 15.3. The summed E-state index contributed by atoms with van der Waals surface area (Å²) in [6.45, 7) is 6.65. The molecular formula is C21H23FN2O2. The molecule has 1 fully saturated rings. The monoisotopic (exact) mass is 354 g/mol. The Balaban J connectivity index is 1.67. The number of hydrogen-bond donors (Lipinski definition) is 1. The van der Waals surface area contributed by atoms with E-state index in [1.807, 2.05) is 24.3 Å². The van der Waals surface area contributed by atoms with Crippen molar-refractivity contribution in [3.05, 3.63) is 59.9 Å². The molecule has 0 radical (unpaired) electrons. The van der Waals surface area contributed by atoms with E-state index < -0.39 is 11.7 Å². The molecule has 1 saturated heterocycles. The second-order valence-electron chi connectivity index (χ2n) is 7.70. The van der Waals surface area contributed by atoms with E-state index in [4.69, 9.17) is 0 Å². The minimum Gasteiger partial charge on any atom is -0.326 e. The van der Waals surface area contributed by atoms with Crippen LogP contribution in [0.1, 0.15) is 32.8 Å². The van der Waals surface area contributed by atoms with Crippen molar-refractivity contribution < 1.29 is 14.0 Å². The normalized spacial score (nSPS) is 17.5. The lowest BCUT2D eigenvalue weighted by molar-refractivity contribution is -0.122. The summed E-state index contributed by atoms with van der Waals surface area (Å²) >= 11 is 0. The van der Waals surface area contributed by atoms with Crippen molar-refractivity contribution in [2.75, 3.05) is 16.8 Å². The number of rotatable bonds is 3. The van der Waals surface area contributed by atoms with Crippen LogP contribution in [0.4, 0.5) is 15.8 Å². The minimum absolute atomic E-state index is 0.0475. The van der Waals surface area contributed by atoms with E-state index >= 15 is 0 Å². The molecule has 1 unspecified atom stereocenters. The first kappa shape index (κ1) is 18.1. The fourth-order valence-electron chi connectivity index (χ4n) is 3.07. The second kappa shape index (κ2) is 6.90. The van der Waals surface area contributed by atoms with Crippen LogP contribution < -0.4 is 10.2 Å². The van der Waals surface area contributed by atoms with Gasteiger partial charge in [0, 0.05) is 24.3 Å². The standard InChI is InChI=1S/C21H23FN2O2/c1-21(2,3)15-7-9-17(10-8-15)23-20(26)14-11-19(25)24(13-14)18-6-4-5-16(22)12-18/h4-10,12,14H,11,13H2,1-3H3,(H,23,26). The molecule has 1 heterocycles. The third-order valence-corrected chi connectivity index (χ3v) is 4.63. The van der Waals surface area contributed by atoms with Crippen molar-refractivity contribution in [1.29, 1.82) is 0 Å². The maximum Gasteiger partial charge on any atom is 0.229 e. The van der Waals surface area contributed by atoms with Gasteiger partial charge in [-0.2, -0.15) is 0 Å². The van der Waals surface area contributed by atoms with Gasteiger partial charge >= 0.3 is 0 Å². The van der Waals surface area contributed by atoms with Crippen LogP contribution >= 0.6 is 0 Å². The zero-order valence-corrected chi connectivity index (χ0v) is 15.3. The SMILES string of the molecule is CC(C)(C)c1ccc(NC(=O)C2CC(=O)N(c3cccc(F)c3)C2)cc1. The summed E-state index contributed by atoms with van der Waals surface area (Å²) in [5, 5.41) is 2.87. The van der Waals surface area contributed by atoms with E-state index in [1.54, 1.807) is 12.1 Å². The van der Waals surface area contributed by atoms with E-state index in [0.29, 0.717) is 11.4 Å². The van der Waals surface area contributed by atoms with E-state index in [9.17, 15) is 14.0 Å². The first-order valence-corrected chi connectivity index (χ1v) is 8.71. The Hall–Kier alpha value is -2.69. The molecular weight excluding hydrogens is 331 g/mol. The Morgan fingerprint density at radius 1 is 1.15 bits per heavy atom. The van der Waals surface area contributed by atoms with E-state index in [1.165, 1.54) is 22.6 Å². The molecule has 0 aliphatic carbocycles. The Kier molecular flexibility index (Phi) is 4.81. The summed E-state index contributed by atoms with van der Waals surface area (Å²) in [5.41, 5.74) is 2.43. The van der Waals surface area contributed by atoms with Gasteiger partial charge in [0.15, 0.2) is 0 Å². The molecule has 3 rings (SSSR count). The van der Waals surface area contributed by atoms with Gasteiger partial charge in [-0.25, -0.2) is 4.39 Å². The van der Waals surface area contributed by atoms with Crippen molar-refractivity contribution in [2.24, 2.45) is 5.92 Å². The number of hydrogen-bond acceptors (Lipinski definition) is 2. The highest BCUT2D eigenvalue weighted by Gasteiger charge is 2.35. The van der Waals surface area contributed by atoms with Gasteiger partial charge in [-0.1, -0.05) is 39.0 Å². The van der Waals surface area contributed by atoms with Gasteiger partial charge in [0.2, 0.25) is 11.8 Å². The van der Waals surface area contributed by atoms with E-state index in [2.05, 4.69) is 26.1 Å². The maximum absolute atomic E-state index is 13.4. The van der Waals surface area contributed by atoms with Crippen LogP contribution in [0, 0.1) is 11.7 Å². The molecule has 0 spiro atoms. The summed E-state index contributed by atoms with van der Waals surface area (Å²) in [6.07, 6.45) is 0.127. The number of nitrogens with one attached hydrogen (secondary N) is 1. The van der Waals surface area contributed by atoms with Gasteiger partial charge in [0.25, 0.3) is 0 Å². The summed E-state index contributed by atoms with van der Waals surface area (Å²) < 4.78 is 13.4. The second-order valence-corrected chi connectivity index (χ2v) is 7.70. The van der Waals surface area contributed by atoms with Crippen molar-refractivity contribution in [1.82, 2.24) is 0 Å². The molecule has 1 atom stereocenters. The molecule has 1 aliphatic heterocycles. The minimum atomic E-state index is -0.451. The summed E-state index contributed by atoms with van der Waals surface area (Å²) in [7, 11) is 0. The number of nitrogens with zero attached hydrogens (tertiary/aromatic N) is 1. The Labute approximate surface area is 153 Å². The Bertz CT molecular complexity index is 825. The highest BCUT2D eigenvalue weighted by molar-refractivity contribution is 6.03. The van der Waals surface area contributed by atoms with Crippen LogP contribution in [0.2, 0.25) is 0 Å². The Morgan fingerprint density at radius 2 is 1.85 bits per heavy atom. The molecule has 5 heteroatoms. The van der Waals surface area contributed by atoms with Crippen LogP contribution in [0.5, 0.6) is 0 Å². The number of carbonyl (C=O) groups excluding carboxylic acids is 2. The van der Waals surface area contributed by atoms with E-state index in [-0.39, 0.29) is 30.2 Å². The molecule has 4 nitrogen and oxygen atoms in total. The molecule has 0 bridgehead atoms. The lowest BCUT2D eigenvalue weighted by Gasteiger charge is -2.19. The van der Waals surface area contributed by atoms with E-state index in [0.717, 1.165) is 0 Å². The molecule has 1 aliphatic rings. The molecule has 0 saturated carbocycles. The van der Waals surface area contributed by atoms with Crippen LogP contribution in [0.3, 0.4) is 0 Å². The average Bonchev–Trinajstić information content (AvgIpc) is 2.96. The van der Waals surface area contributed by atoms with Gasteiger partial charge in [0.05, 0.1) is 5.92 Å². The zero-order chi connectivity index (χ0) is 18.9. The third-order valence-electron chi connectivity index (χ3n) is 4.63.